The van der Waals surface area contributed by atoms with Crippen molar-refractivity contribution in [3.63, 3.8) is 0 Å². The fraction of sp³-hybridized carbons (Fsp3) is 0.323. The van der Waals surface area contributed by atoms with Crippen LogP contribution in [0.2, 0.25) is 0 Å². The van der Waals surface area contributed by atoms with E-state index in [1.165, 1.54) is 24.3 Å². The number of nitrogens with zero attached hydrogens (tertiary/aromatic N) is 14. The number of hydrogen-bond donors (Lipinski definition) is 6. The summed E-state index contributed by atoms with van der Waals surface area (Å²) in [4.78, 5) is 90.9. The predicted octanol–water partition coefficient (Wildman–Crippen LogP) is 8.24. The molecule has 0 saturated heterocycles. The van der Waals surface area contributed by atoms with Crippen LogP contribution in [0.4, 0.5) is 20.2 Å². The van der Waals surface area contributed by atoms with Crippen LogP contribution in [0.1, 0.15) is 104 Å². The van der Waals surface area contributed by atoms with Crippen LogP contribution in [0.5, 0.6) is 0 Å². The molecule has 6 N–H and O–H groups in total. The zero-order valence-corrected chi connectivity index (χ0v) is 51.7. The largest absolute Gasteiger partial charge is 0.344 e. The van der Waals surface area contributed by atoms with Gasteiger partial charge in [0.05, 0.1) is 17.4 Å². The molecule has 26 nitrogen and oxygen atoms in total. The van der Waals surface area contributed by atoms with E-state index in [1.807, 2.05) is 86.5 Å². The monoisotopic (exact) mass is 1230 g/mol. The fourth-order valence-corrected chi connectivity index (χ4v) is 9.32. The molecule has 0 bridgehead atoms. The molecule has 1 unspecified atom stereocenters. The average Bonchev–Trinajstić information content (AvgIpc) is 1.62. The Morgan fingerprint density at radius 1 is 0.644 bits per heavy atom. The molecule has 1 atom stereocenters. The minimum absolute atomic E-state index is 0.154. The van der Waals surface area contributed by atoms with Gasteiger partial charge in [0.15, 0.2) is 46.0 Å². The zero-order valence-electron chi connectivity index (χ0n) is 51.7. The minimum Gasteiger partial charge on any atom is -0.344 e. The maximum absolute atomic E-state index is 16.4. The van der Waals surface area contributed by atoms with Gasteiger partial charge in [-0.3, -0.25) is 28.5 Å². The lowest BCUT2D eigenvalue weighted by molar-refractivity contribution is -0.112. The van der Waals surface area contributed by atoms with Crippen LogP contribution in [0.15, 0.2) is 100 Å². The summed E-state index contributed by atoms with van der Waals surface area (Å²) in [6, 6.07) is 12.3. The molecule has 0 fully saturated rings. The van der Waals surface area contributed by atoms with Crippen LogP contribution in [0, 0.1) is 11.6 Å². The number of imidazole rings is 2. The summed E-state index contributed by atoms with van der Waals surface area (Å²) in [7, 11) is 9.26. The van der Waals surface area contributed by atoms with E-state index in [0.29, 0.717) is 92.1 Å². The highest BCUT2D eigenvalue weighted by Gasteiger charge is 2.28. The Kier molecular flexibility index (Phi) is 17.9. The molecule has 0 aliphatic heterocycles. The van der Waals surface area contributed by atoms with Gasteiger partial charge >= 0.3 is 23.6 Å². The number of aryl methyl sites for hydroxylation is 1. The maximum Gasteiger partial charge on any atom is 0.315 e. The lowest BCUT2D eigenvalue weighted by Gasteiger charge is -2.13. The van der Waals surface area contributed by atoms with E-state index in [4.69, 9.17) is 29.1 Å². The third kappa shape index (κ3) is 14.4. The topological polar surface area (TPSA) is 320 Å². The van der Waals surface area contributed by atoms with Crippen LogP contribution in [-0.4, -0.2) is 144 Å². The molecular weight excluding hydrogens is 1160 g/mol. The second-order valence-electron chi connectivity index (χ2n) is 24.2. The van der Waals surface area contributed by atoms with Crippen molar-refractivity contribution in [2.45, 2.75) is 84.8 Å². The minimum atomic E-state index is -0.662. The number of halogens is 2. The van der Waals surface area contributed by atoms with Gasteiger partial charge in [0.2, 0.25) is 11.8 Å². The van der Waals surface area contributed by atoms with Gasteiger partial charge in [0.25, 0.3) is 0 Å². The van der Waals surface area contributed by atoms with Crippen LogP contribution in [0.3, 0.4) is 0 Å². The van der Waals surface area contributed by atoms with Crippen molar-refractivity contribution in [2.24, 2.45) is 7.05 Å². The second kappa shape index (κ2) is 25.7. The third-order valence-electron chi connectivity index (χ3n) is 14.0. The summed E-state index contributed by atoms with van der Waals surface area (Å²) in [5.41, 5.74) is 4.65. The van der Waals surface area contributed by atoms with Gasteiger partial charge in [-0.1, -0.05) is 88.3 Å². The fourth-order valence-electron chi connectivity index (χ4n) is 9.32. The molecule has 466 valence electrons. The quantitative estimate of drug-likeness (QED) is 0.0369. The molecule has 10 aromatic rings. The van der Waals surface area contributed by atoms with Crippen molar-refractivity contribution >= 4 is 57.3 Å². The highest BCUT2D eigenvalue weighted by molar-refractivity contribution is 6.03. The lowest BCUT2D eigenvalue weighted by atomic mass is 9.96. The van der Waals surface area contributed by atoms with Crippen LogP contribution in [0.25, 0.3) is 67.6 Å². The molecule has 0 radical (unpaired) electrons. The molecule has 90 heavy (non-hydrogen) atoms. The van der Waals surface area contributed by atoms with Crippen molar-refractivity contribution in [3.05, 3.63) is 143 Å². The highest BCUT2D eigenvalue weighted by atomic mass is 19.1. The number of aromatic nitrogens is 14. The summed E-state index contributed by atoms with van der Waals surface area (Å²) in [5, 5.41) is 28.6. The smallest absolute Gasteiger partial charge is 0.315 e. The maximum atomic E-state index is 16.4. The Hall–Kier alpha value is -10.5. The van der Waals surface area contributed by atoms with Gasteiger partial charge < -0.3 is 50.1 Å². The molecule has 8 aromatic heterocycles. The average molecular weight is 1230 g/mol. The number of likely N-dealkylation sites (N-methyl/N-ethyl adjacent to an activating group) is 2. The van der Waals surface area contributed by atoms with Gasteiger partial charge in [-0.25, -0.2) is 28.7 Å². The Morgan fingerprint density at radius 2 is 1.14 bits per heavy atom. The highest BCUT2D eigenvalue weighted by Crippen LogP contribution is 2.36. The number of H-pyrrole nitrogens is 2. The van der Waals surface area contributed by atoms with Gasteiger partial charge in [-0.05, 0) is 70.5 Å². The number of hydrogen-bond acceptors (Lipinski definition) is 18. The number of fused-ring (bicyclic) bond motifs is 2. The van der Waals surface area contributed by atoms with Gasteiger partial charge in [0, 0.05) is 109 Å². The van der Waals surface area contributed by atoms with E-state index in [0.717, 1.165) is 0 Å². The first kappa shape index (κ1) is 62.6. The first-order chi connectivity index (χ1) is 42.7. The normalized spacial score (nSPS) is 12.6. The van der Waals surface area contributed by atoms with Gasteiger partial charge in [-0.15, -0.1) is 0 Å². The molecule has 10 rings (SSSR count). The molecule has 0 aliphatic rings. The Bertz CT molecular complexity index is 4400. The zero-order chi connectivity index (χ0) is 64.3. The summed E-state index contributed by atoms with van der Waals surface area (Å²) in [6.07, 6.45) is 11.4. The van der Waals surface area contributed by atoms with Crippen molar-refractivity contribution in [3.8, 4) is 45.3 Å². The number of pyridine rings is 2. The standard InChI is InChI=1S/C62H68F2N20O6/c1-33(84-32-44(70-46(86)16-14-24-82(10)11)50(78-84)54-71-47-39(21-22-65-51(47)73-54)34-17-19-36(41(63)26-34)29-66-55(87)57-75-59(79-89-57)61(2,3)4)25-38-28-40(35-18-20-37(42(64)27-35)30-67-56(88)58-76-60(80-90-58)62(5,6)7)48-52(68-38)74-53(72-48)49-43(31-83(12)77-49)69-45(85)15-13-23-81(8)9/h13-22,26-28,31-33H,23-25,29-30H2,1-12H3,(H,66,87)(H,67,88)(H,69,85)(H,70,86)(H,65,71,73)(H,68,72,74)/b15-13+,16-14+. The molecule has 4 amide bonds. The molecule has 0 aliphatic carbocycles. The van der Waals surface area contributed by atoms with E-state index >= 15 is 8.78 Å². The molecule has 8 heterocycles. The summed E-state index contributed by atoms with van der Waals surface area (Å²) in [6.45, 7) is 13.9. The van der Waals surface area contributed by atoms with Crippen molar-refractivity contribution in [1.29, 1.82) is 0 Å². The first-order valence-corrected chi connectivity index (χ1v) is 28.7. The molecule has 0 saturated carbocycles. The van der Waals surface area contributed by atoms with E-state index in [-0.39, 0.29) is 65.7 Å². The molecule has 0 spiro atoms. The number of nitrogens with one attached hydrogen (secondary N) is 6. The molecule has 2 aromatic carbocycles. The second-order valence-corrected chi connectivity index (χ2v) is 24.2. The number of aromatic amines is 2. The molecule has 28 heteroatoms. The van der Waals surface area contributed by atoms with Crippen molar-refractivity contribution in [2.75, 3.05) is 51.9 Å². The Morgan fingerprint density at radius 3 is 1.66 bits per heavy atom. The van der Waals surface area contributed by atoms with Crippen molar-refractivity contribution in [1.82, 2.24) is 90.2 Å². The molecular formula is C62H68F2N20O6. The van der Waals surface area contributed by atoms with E-state index in [2.05, 4.69) is 61.6 Å². The predicted molar refractivity (Wildman–Crippen MR) is 331 cm³/mol. The summed E-state index contributed by atoms with van der Waals surface area (Å²) in [5.74, 6) is -2.57. The third-order valence-corrected chi connectivity index (χ3v) is 14.0. The van der Waals surface area contributed by atoms with Gasteiger partial charge in [0.1, 0.15) is 22.7 Å². The number of amides is 4. The van der Waals surface area contributed by atoms with Crippen LogP contribution < -0.4 is 21.3 Å². The number of benzene rings is 2. The van der Waals surface area contributed by atoms with E-state index < -0.39 is 46.2 Å². The number of rotatable bonds is 21. The SMILES string of the molecule is CC(Cc1cc(-c2ccc(CNC(=O)c3nc(C(C)(C)C)no3)c(F)c2)c2nc(-c3nn(C)cc3NC(=O)/C=C/CN(C)C)[nH]c2n1)n1cc(NC(=O)/C=C/CN(C)C)c(-c2nc3c(-c4ccc(CNC(=O)c5nc(C(C)(C)C)no5)c(F)c4)ccnc3[nH]2)n1. The van der Waals surface area contributed by atoms with E-state index in [9.17, 15) is 19.2 Å². The van der Waals surface area contributed by atoms with Gasteiger partial charge in [-0.2, -0.15) is 20.2 Å². The van der Waals surface area contributed by atoms with Crippen LogP contribution >= 0.6 is 0 Å². The number of carbonyl (C=O) groups excluding carboxylic acids is 4. The lowest BCUT2D eigenvalue weighted by Crippen LogP contribution is -2.24. The summed E-state index contributed by atoms with van der Waals surface area (Å²) < 4.78 is 45.8. The Labute approximate surface area is 515 Å². The first-order valence-electron chi connectivity index (χ1n) is 28.7. The summed E-state index contributed by atoms with van der Waals surface area (Å²) >= 11 is 0. The van der Waals surface area contributed by atoms with Crippen molar-refractivity contribution < 1.29 is 37.0 Å². The Balaban J connectivity index is 0.968. The van der Waals surface area contributed by atoms with E-state index in [1.54, 1.807) is 83.6 Å². The van der Waals surface area contributed by atoms with Crippen LogP contribution in [-0.2, 0) is 47.0 Å². The number of anilines is 2. The number of carbonyl (C=O) groups is 4.